The van der Waals surface area contributed by atoms with Gasteiger partial charge >= 0.3 is 0 Å². The largest absolute Gasteiger partial charge is 0.493 e. The molecule has 2 N–H and O–H groups in total. The average molecular weight is 475 g/mol. The predicted molar refractivity (Wildman–Crippen MR) is 136 cm³/mol. The number of fused-ring (bicyclic) bond motifs is 1. The van der Waals surface area contributed by atoms with E-state index in [1.165, 1.54) is 0 Å². The summed E-state index contributed by atoms with van der Waals surface area (Å²) in [6.07, 6.45) is 1.12. The van der Waals surface area contributed by atoms with Gasteiger partial charge in [-0.15, -0.1) is 0 Å². The highest BCUT2D eigenvalue weighted by atomic mass is 35.5. The monoisotopic (exact) mass is 474 g/mol. The number of Topliss-reactive ketones (excluding diaryl/α,β-unsaturated/α-hetero) is 1. The van der Waals surface area contributed by atoms with Crippen LogP contribution in [-0.4, -0.2) is 19.5 Å². The highest BCUT2D eigenvalue weighted by Crippen LogP contribution is 2.46. The van der Waals surface area contributed by atoms with E-state index in [0.717, 1.165) is 33.8 Å². The van der Waals surface area contributed by atoms with Crippen molar-refractivity contribution < 1.29 is 14.3 Å². The number of carbonyl (C=O) groups excluding carboxylic acids is 1. The zero-order valence-electron chi connectivity index (χ0n) is 19.2. The first kappa shape index (κ1) is 22.4. The fourth-order valence-corrected chi connectivity index (χ4v) is 5.13. The molecule has 0 saturated heterocycles. The summed E-state index contributed by atoms with van der Waals surface area (Å²) in [7, 11) is 1.64. The summed E-state index contributed by atoms with van der Waals surface area (Å²) in [4.78, 5) is 13.7. The molecule has 2 atom stereocenters. The van der Waals surface area contributed by atoms with Crippen LogP contribution in [0.15, 0.2) is 78.0 Å². The Morgan fingerprint density at radius 2 is 1.74 bits per heavy atom. The van der Waals surface area contributed by atoms with E-state index in [2.05, 4.69) is 10.6 Å². The number of allylic oxidation sites excluding steroid dienone is 1. The van der Waals surface area contributed by atoms with Gasteiger partial charge in [0, 0.05) is 22.7 Å². The fraction of sp³-hybridized carbons (Fsp3) is 0.250. The van der Waals surface area contributed by atoms with E-state index in [1.54, 1.807) is 7.11 Å². The molecule has 0 radical (unpaired) electrons. The van der Waals surface area contributed by atoms with Crippen LogP contribution in [0.4, 0.5) is 11.4 Å². The van der Waals surface area contributed by atoms with Crippen LogP contribution >= 0.6 is 11.6 Å². The van der Waals surface area contributed by atoms with Crippen LogP contribution in [0.1, 0.15) is 42.9 Å². The Morgan fingerprint density at radius 3 is 2.50 bits per heavy atom. The molecular formula is C28H27ClN2O3. The van der Waals surface area contributed by atoms with Crippen molar-refractivity contribution >= 4 is 28.8 Å². The summed E-state index contributed by atoms with van der Waals surface area (Å²) in [5.41, 5.74) is 5.51. The first-order chi connectivity index (χ1) is 16.6. The van der Waals surface area contributed by atoms with Crippen molar-refractivity contribution in [2.24, 2.45) is 0 Å². The van der Waals surface area contributed by atoms with Crippen LogP contribution in [0.3, 0.4) is 0 Å². The molecule has 2 unspecified atom stereocenters. The smallest absolute Gasteiger partial charge is 0.163 e. The number of hydrogen-bond donors (Lipinski definition) is 2. The molecule has 3 aromatic rings. The molecule has 1 aliphatic heterocycles. The minimum absolute atomic E-state index is 0.0282. The Balaban J connectivity index is 1.57. The lowest BCUT2D eigenvalue weighted by atomic mass is 9.78. The van der Waals surface area contributed by atoms with E-state index in [1.807, 2.05) is 73.7 Å². The molecule has 0 spiro atoms. The van der Waals surface area contributed by atoms with Gasteiger partial charge < -0.3 is 20.1 Å². The Kier molecular flexibility index (Phi) is 6.20. The van der Waals surface area contributed by atoms with Gasteiger partial charge in [0.05, 0.1) is 31.1 Å². The molecule has 34 heavy (non-hydrogen) atoms. The minimum atomic E-state index is -0.330. The van der Waals surface area contributed by atoms with Crippen molar-refractivity contribution in [1.29, 1.82) is 0 Å². The van der Waals surface area contributed by atoms with Gasteiger partial charge in [-0.1, -0.05) is 48.0 Å². The number of methoxy groups -OCH3 is 1. The lowest BCUT2D eigenvalue weighted by Gasteiger charge is -2.30. The highest BCUT2D eigenvalue weighted by Gasteiger charge is 2.36. The number of halogens is 1. The molecule has 1 heterocycles. The molecule has 5 rings (SSSR count). The average Bonchev–Trinajstić information content (AvgIpc) is 3.01. The number of ether oxygens (including phenoxy) is 2. The topological polar surface area (TPSA) is 59.6 Å². The van der Waals surface area contributed by atoms with Gasteiger partial charge in [0.25, 0.3) is 0 Å². The molecular weight excluding hydrogens is 448 g/mol. The van der Waals surface area contributed by atoms with E-state index in [0.29, 0.717) is 36.0 Å². The standard InChI is InChI=1S/C28H27ClN2O3/c1-3-34-25-13-12-17(16-26(25)33-2)18-14-23-27(24(32)15-18)28(19-8-4-5-9-20(19)29)31-22-11-7-6-10-21(22)30-23/h4-13,16,18,28,30-31H,3,14-15H2,1-2H3. The third kappa shape index (κ3) is 4.12. The Bertz CT molecular complexity index is 1270. The molecule has 1 aliphatic carbocycles. The molecule has 174 valence electrons. The quantitative estimate of drug-likeness (QED) is 0.429. The summed E-state index contributed by atoms with van der Waals surface area (Å²) in [5.74, 6) is 1.53. The molecule has 2 aliphatic rings. The number of hydrogen-bond acceptors (Lipinski definition) is 5. The number of nitrogens with one attached hydrogen (secondary N) is 2. The van der Waals surface area contributed by atoms with Crippen LogP contribution in [0.5, 0.6) is 11.5 Å². The van der Waals surface area contributed by atoms with Crippen LogP contribution in [0.2, 0.25) is 5.02 Å². The van der Waals surface area contributed by atoms with Gasteiger partial charge in [-0.3, -0.25) is 4.79 Å². The van der Waals surface area contributed by atoms with Gasteiger partial charge in [-0.05, 0) is 60.7 Å². The van der Waals surface area contributed by atoms with Crippen LogP contribution in [-0.2, 0) is 4.79 Å². The Labute approximate surface area is 204 Å². The zero-order valence-corrected chi connectivity index (χ0v) is 20.0. The van der Waals surface area contributed by atoms with E-state index < -0.39 is 0 Å². The van der Waals surface area contributed by atoms with Gasteiger partial charge in [0.2, 0.25) is 0 Å². The van der Waals surface area contributed by atoms with E-state index in [4.69, 9.17) is 21.1 Å². The second kappa shape index (κ2) is 9.43. The number of para-hydroxylation sites is 2. The second-order valence-corrected chi connectivity index (χ2v) is 8.94. The van der Waals surface area contributed by atoms with E-state index in [9.17, 15) is 4.79 Å². The van der Waals surface area contributed by atoms with Crippen LogP contribution in [0.25, 0.3) is 0 Å². The number of benzene rings is 3. The zero-order chi connectivity index (χ0) is 23.7. The molecule has 3 aromatic carbocycles. The molecule has 0 saturated carbocycles. The van der Waals surface area contributed by atoms with Crippen molar-refractivity contribution in [2.45, 2.75) is 31.7 Å². The van der Waals surface area contributed by atoms with Crippen molar-refractivity contribution in [1.82, 2.24) is 0 Å². The number of ketones is 1. The normalized spacial score (nSPS) is 19.3. The fourth-order valence-electron chi connectivity index (χ4n) is 4.88. The third-order valence-electron chi connectivity index (χ3n) is 6.48. The Morgan fingerprint density at radius 1 is 0.971 bits per heavy atom. The van der Waals surface area contributed by atoms with E-state index in [-0.39, 0.29) is 17.7 Å². The first-order valence-corrected chi connectivity index (χ1v) is 11.9. The van der Waals surface area contributed by atoms with Crippen molar-refractivity contribution in [2.75, 3.05) is 24.4 Å². The van der Waals surface area contributed by atoms with E-state index >= 15 is 0 Å². The Hall–Kier alpha value is -3.44. The second-order valence-electron chi connectivity index (χ2n) is 8.53. The molecule has 5 nitrogen and oxygen atoms in total. The molecule has 0 amide bonds. The van der Waals surface area contributed by atoms with Gasteiger partial charge in [-0.25, -0.2) is 0 Å². The maximum absolute atomic E-state index is 13.7. The number of anilines is 2. The summed E-state index contributed by atoms with van der Waals surface area (Å²) >= 11 is 6.60. The molecule has 0 fully saturated rings. The summed E-state index contributed by atoms with van der Waals surface area (Å²) < 4.78 is 11.2. The third-order valence-corrected chi connectivity index (χ3v) is 6.83. The lowest BCUT2D eigenvalue weighted by Crippen LogP contribution is -2.27. The van der Waals surface area contributed by atoms with Crippen molar-refractivity contribution in [3.05, 3.63) is 94.1 Å². The van der Waals surface area contributed by atoms with Gasteiger partial charge in [0.1, 0.15) is 0 Å². The lowest BCUT2D eigenvalue weighted by molar-refractivity contribution is -0.116. The summed E-state index contributed by atoms with van der Waals surface area (Å²) in [6, 6.07) is 21.3. The molecule has 0 bridgehead atoms. The van der Waals surface area contributed by atoms with Crippen molar-refractivity contribution in [3.63, 3.8) is 0 Å². The van der Waals surface area contributed by atoms with Gasteiger partial charge in [-0.2, -0.15) is 0 Å². The van der Waals surface area contributed by atoms with Crippen LogP contribution < -0.4 is 20.1 Å². The minimum Gasteiger partial charge on any atom is -0.493 e. The molecule has 0 aromatic heterocycles. The number of carbonyl (C=O) groups is 1. The number of rotatable bonds is 5. The van der Waals surface area contributed by atoms with Crippen molar-refractivity contribution in [3.8, 4) is 11.5 Å². The maximum Gasteiger partial charge on any atom is 0.163 e. The molecule has 6 heteroatoms. The predicted octanol–water partition coefficient (Wildman–Crippen LogP) is 6.73. The van der Waals surface area contributed by atoms with Crippen LogP contribution in [0, 0.1) is 0 Å². The first-order valence-electron chi connectivity index (χ1n) is 11.5. The summed E-state index contributed by atoms with van der Waals surface area (Å²) in [5, 5.41) is 7.78. The van der Waals surface area contributed by atoms with Gasteiger partial charge in [0.15, 0.2) is 17.3 Å². The summed E-state index contributed by atoms with van der Waals surface area (Å²) in [6.45, 7) is 2.51. The maximum atomic E-state index is 13.7. The SMILES string of the molecule is CCOc1ccc(C2CC(=O)C3=C(C2)Nc2ccccc2NC3c2ccccc2Cl)cc1OC. The highest BCUT2D eigenvalue weighted by molar-refractivity contribution is 6.31.